The molecular formula is C15H19N3OS. The maximum Gasteiger partial charge on any atom is 0.253 e. The van der Waals surface area contributed by atoms with Gasteiger partial charge in [-0.2, -0.15) is 11.8 Å². The van der Waals surface area contributed by atoms with E-state index in [0.717, 1.165) is 12.0 Å². The lowest BCUT2D eigenvalue weighted by Gasteiger charge is -2.19. The summed E-state index contributed by atoms with van der Waals surface area (Å²) in [6.45, 7) is 0.300. The zero-order valence-electron chi connectivity index (χ0n) is 11.6. The summed E-state index contributed by atoms with van der Waals surface area (Å²) in [4.78, 5) is 16.3. The topological polar surface area (TPSA) is 68.0 Å². The van der Waals surface area contributed by atoms with Crippen LogP contribution in [0, 0.1) is 11.8 Å². The van der Waals surface area contributed by atoms with Crippen molar-refractivity contribution in [1.82, 2.24) is 10.3 Å². The van der Waals surface area contributed by atoms with Gasteiger partial charge in [0.1, 0.15) is 0 Å². The van der Waals surface area contributed by atoms with Gasteiger partial charge in [0.15, 0.2) is 0 Å². The van der Waals surface area contributed by atoms with Crippen LogP contribution < -0.4 is 11.1 Å². The number of rotatable bonds is 3. The number of hydrogen-bond donors (Lipinski definition) is 2. The summed E-state index contributed by atoms with van der Waals surface area (Å²) in [7, 11) is 0. The monoisotopic (exact) mass is 289 g/mol. The van der Waals surface area contributed by atoms with Gasteiger partial charge in [0.05, 0.1) is 12.1 Å². The first kappa shape index (κ1) is 14.9. The van der Waals surface area contributed by atoms with E-state index in [1.54, 1.807) is 18.5 Å². The minimum absolute atomic E-state index is 0.0696. The number of amides is 1. The molecular weight excluding hydrogens is 270 g/mol. The van der Waals surface area contributed by atoms with E-state index in [1.807, 2.05) is 11.8 Å². The van der Waals surface area contributed by atoms with Crippen molar-refractivity contribution in [2.75, 3.05) is 12.8 Å². The third-order valence-electron chi connectivity index (χ3n) is 3.41. The number of nitrogens with two attached hydrogens (primary N) is 1. The van der Waals surface area contributed by atoms with Crippen molar-refractivity contribution < 1.29 is 4.79 Å². The van der Waals surface area contributed by atoms with Crippen LogP contribution in [0.2, 0.25) is 0 Å². The fourth-order valence-electron chi connectivity index (χ4n) is 2.41. The Labute approximate surface area is 123 Å². The zero-order chi connectivity index (χ0) is 14.4. The summed E-state index contributed by atoms with van der Waals surface area (Å²) < 4.78 is 0. The molecule has 0 aliphatic heterocycles. The molecule has 1 aromatic rings. The number of nitrogens with one attached hydrogen (secondary N) is 1. The lowest BCUT2D eigenvalue weighted by Crippen LogP contribution is -2.38. The van der Waals surface area contributed by atoms with E-state index in [0.29, 0.717) is 17.4 Å². The Bertz CT molecular complexity index is 535. The van der Waals surface area contributed by atoms with Crippen molar-refractivity contribution >= 4 is 17.7 Å². The molecule has 5 heteroatoms. The van der Waals surface area contributed by atoms with Crippen LogP contribution in [-0.4, -0.2) is 35.0 Å². The van der Waals surface area contributed by atoms with Crippen LogP contribution in [0.5, 0.6) is 0 Å². The molecule has 20 heavy (non-hydrogen) atoms. The van der Waals surface area contributed by atoms with Gasteiger partial charge >= 0.3 is 0 Å². The van der Waals surface area contributed by atoms with E-state index in [9.17, 15) is 4.79 Å². The first-order valence-corrected chi connectivity index (χ1v) is 8.01. The highest BCUT2D eigenvalue weighted by atomic mass is 32.2. The average Bonchev–Trinajstić information content (AvgIpc) is 2.92. The van der Waals surface area contributed by atoms with Crippen LogP contribution in [0.3, 0.4) is 0 Å². The van der Waals surface area contributed by atoms with Gasteiger partial charge in [-0.25, -0.2) is 0 Å². The molecule has 1 aliphatic rings. The molecule has 2 unspecified atom stereocenters. The molecule has 1 aromatic heterocycles. The zero-order valence-corrected chi connectivity index (χ0v) is 12.4. The van der Waals surface area contributed by atoms with Gasteiger partial charge in [-0.05, 0) is 25.2 Å². The summed E-state index contributed by atoms with van der Waals surface area (Å²) in [6.07, 6.45) is 8.71. The van der Waals surface area contributed by atoms with E-state index < -0.39 is 0 Å². The number of aromatic nitrogens is 1. The minimum Gasteiger partial charge on any atom is -0.348 e. The molecule has 0 radical (unpaired) electrons. The molecule has 1 saturated carbocycles. The number of carbonyl (C=O) groups is 1. The third kappa shape index (κ3) is 3.75. The van der Waals surface area contributed by atoms with Crippen LogP contribution in [0.25, 0.3) is 0 Å². The Morgan fingerprint density at radius 3 is 3.15 bits per heavy atom. The summed E-state index contributed by atoms with van der Waals surface area (Å²) in [5.41, 5.74) is 6.61. The first-order valence-electron chi connectivity index (χ1n) is 6.72. The van der Waals surface area contributed by atoms with E-state index in [1.165, 1.54) is 12.8 Å². The van der Waals surface area contributed by atoms with Crippen LogP contribution in [0.15, 0.2) is 18.5 Å². The first-order chi connectivity index (χ1) is 9.74. The summed E-state index contributed by atoms with van der Waals surface area (Å²) in [5.74, 6) is 5.58. The van der Waals surface area contributed by atoms with Crippen molar-refractivity contribution in [2.45, 2.75) is 30.6 Å². The van der Waals surface area contributed by atoms with Crippen LogP contribution in [0.1, 0.15) is 35.2 Å². The lowest BCUT2D eigenvalue weighted by atomic mass is 10.1. The van der Waals surface area contributed by atoms with Crippen LogP contribution in [-0.2, 0) is 0 Å². The van der Waals surface area contributed by atoms with Gasteiger partial charge in [-0.3, -0.25) is 9.78 Å². The van der Waals surface area contributed by atoms with E-state index in [2.05, 4.69) is 28.4 Å². The molecule has 0 aromatic carbocycles. The Morgan fingerprint density at radius 2 is 2.40 bits per heavy atom. The van der Waals surface area contributed by atoms with Crippen molar-refractivity contribution in [3.63, 3.8) is 0 Å². The van der Waals surface area contributed by atoms with Crippen LogP contribution in [0.4, 0.5) is 0 Å². The molecule has 1 heterocycles. The molecule has 0 saturated heterocycles. The highest BCUT2D eigenvalue weighted by molar-refractivity contribution is 7.99. The molecule has 1 fully saturated rings. The Morgan fingerprint density at radius 1 is 1.55 bits per heavy atom. The minimum atomic E-state index is -0.0696. The molecule has 4 nitrogen and oxygen atoms in total. The van der Waals surface area contributed by atoms with Crippen molar-refractivity contribution in [1.29, 1.82) is 0 Å². The number of pyridine rings is 1. The second-order valence-electron chi connectivity index (χ2n) is 4.75. The van der Waals surface area contributed by atoms with Gasteiger partial charge < -0.3 is 11.1 Å². The van der Waals surface area contributed by atoms with Gasteiger partial charge in [-0.15, -0.1) is 0 Å². The van der Waals surface area contributed by atoms with Gasteiger partial charge in [0.2, 0.25) is 0 Å². The average molecular weight is 289 g/mol. The summed E-state index contributed by atoms with van der Waals surface area (Å²) in [6, 6.07) is 2.02. The Kier molecular flexibility index (Phi) is 5.45. The van der Waals surface area contributed by atoms with Gasteiger partial charge in [0, 0.05) is 29.2 Å². The molecule has 1 aliphatic carbocycles. The molecule has 2 rings (SSSR count). The van der Waals surface area contributed by atoms with E-state index in [-0.39, 0.29) is 11.9 Å². The third-order valence-corrected chi connectivity index (χ3v) is 4.58. The summed E-state index contributed by atoms with van der Waals surface area (Å²) >= 11 is 1.83. The second-order valence-corrected chi connectivity index (χ2v) is 5.83. The SMILES string of the molecule is CSC1CCCC1NC(=O)c1cncc(C#CCN)c1. The van der Waals surface area contributed by atoms with Gasteiger partial charge in [0.25, 0.3) is 5.91 Å². The van der Waals surface area contributed by atoms with Crippen molar-refractivity contribution in [3.8, 4) is 11.8 Å². The standard InChI is InChI=1S/C15H19N3OS/c1-20-14-6-2-5-13(14)18-15(19)12-8-11(4-3-7-16)9-17-10-12/h8-10,13-14H,2,5-7,16H2,1H3,(H,18,19). The fourth-order valence-corrected chi connectivity index (χ4v) is 3.35. The number of nitrogens with zero attached hydrogens (tertiary/aromatic N) is 1. The molecule has 0 spiro atoms. The quantitative estimate of drug-likeness (QED) is 0.826. The fraction of sp³-hybridized carbons (Fsp3) is 0.467. The molecule has 106 valence electrons. The maximum atomic E-state index is 12.3. The van der Waals surface area contributed by atoms with E-state index >= 15 is 0 Å². The predicted molar refractivity (Wildman–Crippen MR) is 82.6 cm³/mol. The molecule has 3 N–H and O–H groups in total. The largest absolute Gasteiger partial charge is 0.348 e. The van der Waals surface area contributed by atoms with Gasteiger partial charge in [-0.1, -0.05) is 18.3 Å². The highest BCUT2D eigenvalue weighted by Crippen LogP contribution is 2.28. The molecule has 2 atom stereocenters. The lowest BCUT2D eigenvalue weighted by molar-refractivity contribution is 0.0938. The smallest absolute Gasteiger partial charge is 0.253 e. The molecule has 1 amide bonds. The second kappa shape index (κ2) is 7.32. The summed E-state index contributed by atoms with van der Waals surface area (Å²) in [5, 5.41) is 3.63. The van der Waals surface area contributed by atoms with Crippen LogP contribution >= 0.6 is 11.8 Å². The molecule has 0 bridgehead atoms. The normalized spacial score (nSPS) is 21.1. The number of thioether (sulfide) groups is 1. The van der Waals surface area contributed by atoms with E-state index in [4.69, 9.17) is 5.73 Å². The highest BCUT2D eigenvalue weighted by Gasteiger charge is 2.28. The number of carbonyl (C=O) groups excluding carboxylic acids is 1. The Balaban J connectivity index is 2.05. The van der Waals surface area contributed by atoms with Crippen molar-refractivity contribution in [3.05, 3.63) is 29.6 Å². The van der Waals surface area contributed by atoms with Crippen molar-refractivity contribution in [2.24, 2.45) is 5.73 Å². The predicted octanol–water partition coefficient (Wildman–Crippen LogP) is 1.41. The maximum absolute atomic E-state index is 12.3. The Hall–Kier alpha value is -1.51. The number of hydrogen-bond acceptors (Lipinski definition) is 4.